The van der Waals surface area contributed by atoms with Crippen LogP contribution in [0.15, 0.2) is 30.5 Å². The van der Waals surface area contributed by atoms with Gasteiger partial charge < -0.3 is 10.0 Å². The zero-order chi connectivity index (χ0) is 16.6. The van der Waals surface area contributed by atoms with E-state index in [1.165, 1.54) is 16.4 Å². The number of benzene rings is 1. The van der Waals surface area contributed by atoms with Crippen molar-refractivity contribution < 1.29 is 14.7 Å². The Balaban J connectivity index is 1.95. The second-order valence-corrected chi connectivity index (χ2v) is 6.00. The van der Waals surface area contributed by atoms with Gasteiger partial charge in [-0.3, -0.25) is 9.48 Å². The zero-order valence-electron chi connectivity index (χ0n) is 13.2. The molecule has 23 heavy (non-hydrogen) atoms. The number of carboxylic acid groups (broad SMARTS) is 1. The SMILES string of the molecule is CC(C)n1ncc(C(=O)O)c1C(=O)N1CCc2ccccc2C1. The largest absolute Gasteiger partial charge is 0.478 e. The molecule has 0 saturated carbocycles. The highest BCUT2D eigenvalue weighted by Gasteiger charge is 2.29. The fourth-order valence-electron chi connectivity index (χ4n) is 2.94. The van der Waals surface area contributed by atoms with Gasteiger partial charge in [-0.2, -0.15) is 5.10 Å². The van der Waals surface area contributed by atoms with Gasteiger partial charge in [0, 0.05) is 19.1 Å². The van der Waals surface area contributed by atoms with Gasteiger partial charge in [0.05, 0.1) is 6.20 Å². The summed E-state index contributed by atoms with van der Waals surface area (Å²) < 4.78 is 1.49. The smallest absolute Gasteiger partial charge is 0.339 e. The molecular weight excluding hydrogens is 294 g/mol. The topological polar surface area (TPSA) is 75.4 Å². The molecule has 1 N–H and O–H groups in total. The molecule has 0 bridgehead atoms. The van der Waals surface area contributed by atoms with Crippen molar-refractivity contribution in [2.75, 3.05) is 6.54 Å². The molecule has 0 atom stereocenters. The first-order valence-electron chi connectivity index (χ1n) is 7.66. The van der Waals surface area contributed by atoms with Crippen molar-refractivity contribution >= 4 is 11.9 Å². The van der Waals surface area contributed by atoms with Crippen LogP contribution in [0.4, 0.5) is 0 Å². The van der Waals surface area contributed by atoms with Gasteiger partial charge >= 0.3 is 5.97 Å². The average Bonchev–Trinajstić information content (AvgIpc) is 2.99. The standard InChI is InChI=1S/C17H19N3O3/c1-11(2)20-15(14(9-18-20)17(22)23)16(21)19-8-7-12-5-3-4-6-13(12)10-19/h3-6,9,11H,7-8,10H2,1-2H3,(H,22,23). The Morgan fingerprint density at radius 3 is 2.57 bits per heavy atom. The van der Waals surface area contributed by atoms with Crippen LogP contribution < -0.4 is 0 Å². The summed E-state index contributed by atoms with van der Waals surface area (Å²) in [5, 5.41) is 13.4. The van der Waals surface area contributed by atoms with Gasteiger partial charge in [0.15, 0.2) is 0 Å². The second kappa shape index (κ2) is 5.87. The summed E-state index contributed by atoms with van der Waals surface area (Å²) >= 11 is 0. The molecule has 6 nitrogen and oxygen atoms in total. The number of aromatic carboxylic acids is 1. The molecule has 0 fully saturated rings. The molecule has 1 aromatic heterocycles. The van der Waals surface area contributed by atoms with Crippen molar-refractivity contribution in [3.8, 4) is 0 Å². The first-order valence-corrected chi connectivity index (χ1v) is 7.66. The van der Waals surface area contributed by atoms with E-state index in [0.29, 0.717) is 13.1 Å². The molecule has 1 aliphatic heterocycles. The van der Waals surface area contributed by atoms with Gasteiger partial charge in [0.25, 0.3) is 5.91 Å². The number of hydrogen-bond donors (Lipinski definition) is 1. The number of aromatic nitrogens is 2. The molecule has 6 heteroatoms. The number of hydrogen-bond acceptors (Lipinski definition) is 3. The van der Waals surface area contributed by atoms with Gasteiger partial charge in [-0.15, -0.1) is 0 Å². The molecule has 0 unspecified atom stereocenters. The number of carboxylic acids is 1. The highest BCUT2D eigenvalue weighted by molar-refractivity contribution is 6.03. The number of carbonyl (C=O) groups excluding carboxylic acids is 1. The summed E-state index contributed by atoms with van der Waals surface area (Å²) in [4.78, 5) is 26.0. The second-order valence-electron chi connectivity index (χ2n) is 6.00. The highest BCUT2D eigenvalue weighted by atomic mass is 16.4. The average molecular weight is 313 g/mol. The van der Waals surface area contributed by atoms with E-state index in [-0.39, 0.29) is 23.2 Å². The summed E-state index contributed by atoms with van der Waals surface area (Å²) in [6.45, 7) is 4.83. The third-order valence-corrected chi connectivity index (χ3v) is 4.14. The van der Waals surface area contributed by atoms with E-state index in [1.807, 2.05) is 32.0 Å². The molecule has 0 aliphatic carbocycles. The molecule has 0 saturated heterocycles. The summed E-state index contributed by atoms with van der Waals surface area (Å²) in [6.07, 6.45) is 2.04. The predicted molar refractivity (Wildman–Crippen MR) is 84.5 cm³/mol. The quantitative estimate of drug-likeness (QED) is 0.944. The molecule has 3 rings (SSSR count). The first kappa shape index (κ1) is 15.3. The fraction of sp³-hybridized carbons (Fsp3) is 0.353. The number of fused-ring (bicyclic) bond motifs is 1. The van der Waals surface area contributed by atoms with E-state index in [2.05, 4.69) is 11.2 Å². The molecule has 1 aromatic carbocycles. The van der Waals surface area contributed by atoms with Crippen LogP contribution in [0.1, 0.15) is 51.9 Å². The normalized spacial score (nSPS) is 14.0. The third kappa shape index (κ3) is 2.72. The first-order chi connectivity index (χ1) is 11.0. The number of rotatable bonds is 3. The molecule has 1 amide bonds. The molecule has 0 radical (unpaired) electrons. The third-order valence-electron chi connectivity index (χ3n) is 4.14. The van der Waals surface area contributed by atoms with Crippen LogP contribution in [-0.2, 0) is 13.0 Å². The minimum atomic E-state index is -1.13. The summed E-state index contributed by atoms with van der Waals surface area (Å²) in [6, 6.07) is 7.94. The molecule has 2 heterocycles. The maximum Gasteiger partial charge on any atom is 0.339 e. The Labute approximate surface area is 134 Å². The summed E-state index contributed by atoms with van der Waals surface area (Å²) in [5.41, 5.74) is 2.47. The van der Waals surface area contributed by atoms with E-state index in [0.717, 1.165) is 12.0 Å². The van der Waals surface area contributed by atoms with Gasteiger partial charge in [0.2, 0.25) is 0 Å². The Kier molecular flexibility index (Phi) is 3.90. The summed E-state index contributed by atoms with van der Waals surface area (Å²) in [5.74, 6) is -1.40. The zero-order valence-corrected chi connectivity index (χ0v) is 13.2. The van der Waals surface area contributed by atoms with Crippen molar-refractivity contribution in [3.63, 3.8) is 0 Å². The van der Waals surface area contributed by atoms with Crippen molar-refractivity contribution in [3.05, 3.63) is 52.8 Å². The number of carbonyl (C=O) groups is 2. The maximum atomic E-state index is 12.9. The van der Waals surface area contributed by atoms with Crippen LogP contribution in [0.5, 0.6) is 0 Å². The van der Waals surface area contributed by atoms with Crippen LogP contribution in [0, 0.1) is 0 Å². The fourth-order valence-corrected chi connectivity index (χ4v) is 2.94. The minimum Gasteiger partial charge on any atom is -0.478 e. The Hall–Kier alpha value is -2.63. The van der Waals surface area contributed by atoms with E-state index in [4.69, 9.17) is 0 Å². The lowest BCUT2D eigenvalue weighted by Gasteiger charge is -2.29. The Bertz CT molecular complexity index is 764. The number of nitrogens with zero attached hydrogens (tertiary/aromatic N) is 3. The van der Waals surface area contributed by atoms with E-state index in [1.54, 1.807) is 4.90 Å². The van der Waals surface area contributed by atoms with Gasteiger partial charge in [0.1, 0.15) is 11.3 Å². The van der Waals surface area contributed by atoms with Crippen molar-refractivity contribution in [1.82, 2.24) is 14.7 Å². The maximum absolute atomic E-state index is 12.9. The lowest BCUT2D eigenvalue weighted by Crippen LogP contribution is -2.38. The molecule has 120 valence electrons. The van der Waals surface area contributed by atoms with Crippen molar-refractivity contribution in [2.45, 2.75) is 32.9 Å². The molecule has 2 aromatic rings. The van der Waals surface area contributed by atoms with Crippen molar-refractivity contribution in [1.29, 1.82) is 0 Å². The Morgan fingerprint density at radius 2 is 1.91 bits per heavy atom. The predicted octanol–water partition coefficient (Wildman–Crippen LogP) is 2.36. The number of amides is 1. The van der Waals surface area contributed by atoms with Crippen LogP contribution in [-0.4, -0.2) is 38.2 Å². The minimum absolute atomic E-state index is 0.0393. The van der Waals surface area contributed by atoms with Crippen LogP contribution in [0.2, 0.25) is 0 Å². The van der Waals surface area contributed by atoms with Crippen LogP contribution in [0.25, 0.3) is 0 Å². The molecule has 1 aliphatic rings. The van der Waals surface area contributed by atoms with Crippen LogP contribution >= 0.6 is 0 Å². The van der Waals surface area contributed by atoms with E-state index < -0.39 is 5.97 Å². The Morgan fingerprint density at radius 1 is 1.22 bits per heavy atom. The van der Waals surface area contributed by atoms with E-state index >= 15 is 0 Å². The van der Waals surface area contributed by atoms with Crippen LogP contribution in [0.3, 0.4) is 0 Å². The van der Waals surface area contributed by atoms with Crippen molar-refractivity contribution in [2.24, 2.45) is 0 Å². The van der Waals surface area contributed by atoms with Gasteiger partial charge in [-0.1, -0.05) is 24.3 Å². The highest BCUT2D eigenvalue weighted by Crippen LogP contribution is 2.23. The monoisotopic (exact) mass is 313 g/mol. The van der Waals surface area contributed by atoms with Gasteiger partial charge in [-0.05, 0) is 31.4 Å². The molecule has 0 spiro atoms. The lowest BCUT2D eigenvalue weighted by molar-refractivity contribution is 0.0663. The molecular formula is C17H19N3O3. The lowest BCUT2D eigenvalue weighted by atomic mass is 9.99. The van der Waals surface area contributed by atoms with E-state index in [9.17, 15) is 14.7 Å². The summed E-state index contributed by atoms with van der Waals surface area (Å²) in [7, 11) is 0. The van der Waals surface area contributed by atoms with Gasteiger partial charge in [-0.25, -0.2) is 4.79 Å².